The van der Waals surface area contributed by atoms with Gasteiger partial charge >= 0.3 is 5.97 Å². The molecule has 0 bridgehead atoms. The number of carboxylic acids is 1. The number of amides is 1. The van der Waals surface area contributed by atoms with Gasteiger partial charge in [0.1, 0.15) is 0 Å². The Bertz CT molecular complexity index is 786. The van der Waals surface area contributed by atoms with Crippen LogP contribution in [-0.2, 0) is 6.42 Å². The minimum atomic E-state index is -0.927. The minimum Gasteiger partial charge on any atom is -0.478 e. The maximum absolute atomic E-state index is 12.8. The predicted octanol–water partition coefficient (Wildman–Crippen LogP) is 6.17. The Morgan fingerprint density at radius 2 is 1.62 bits per heavy atom. The molecule has 29 heavy (non-hydrogen) atoms. The Balaban J connectivity index is 2.29. The lowest BCUT2D eigenvalue weighted by molar-refractivity contribution is 0.0696. The number of carbonyl (C=O) groups is 2. The van der Waals surface area contributed by atoms with E-state index in [0.717, 1.165) is 62.5 Å². The number of carbonyl (C=O) groups excluding carboxylic acids is 1. The Labute approximate surface area is 174 Å². The zero-order valence-corrected chi connectivity index (χ0v) is 17.6. The van der Waals surface area contributed by atoms with Crippen molar-refractivity contribution in [2.24, 2.45) is 0 Å². The zero-order chi connectivity index (χ0) is 21.1. The van der Waals surface area contributed by atoms with Gasteiger partial charge in [0.15, 0.2) is 0 Å². The van der Waals surface area contributed by atoms with Crippen molar-refractivity contribution < 1.29 is 14.7 Å². The molecule has 1 atom stereocenters. The molecular formula is C25H33NO3. The topological polar surface area (TPSA) is 66.4 Å². The number of aromatic carboxylic acids is 1. The molecule has 2 N–H and O–H groups in total. The fourth-order valence-corrected chi connectivity index (χ4v) is 3.50. The van der Waals surface area contributed by atoms with Crippen LogP contribution in [0.25, 0.3) is 0 Å². The second kappa shape index (κ2) is 12.1. The molecule has 156 valence electrons. The molecule has 0 aliphatic rings. The predicted molar refractivity (Wildman–Crippen MR) is 117 cm³/mol. The lowest BCUT2D eigenvalue weighted by Gasteiger charge is -2.21. The van der Waals surface area contributed by atoms with Gasteiger partial charge in [-0.2, -0.15) is 0 Å². The number of benzene rings is 2. The first-order chi connectivity index (χ1) is 14.0. The first-order valence-electron chi connectivity index (χ1n) is 10.8. The molecule has 0 saturated carbocycles. The normalized spacial score (nSPS) is 11.8. The van der Waals surface area contributed by atoms with Crippen molar-refractivity contribution in [2.75, 3.05) is 0 Å². The highest BCUT2D eigenvalue weighted by Crippen LogP contribution is 2.25. The van der Waals surface area contributed by atoms with Gasteiger partial charge in [-0.05, 0) is 54.7 Å². The fraction of sp³-hybridized carbons (Fsp3) is 0.440. The van der Waals surface area contributed by atoms with E-state index in [-0.39, 0.29) is 11.9 Å². The van der Waals surface area contributed by atoms with Crippen LogP contribution in [0.1, 0.15) is 96.7 Å². The van der Waals surface area contributed by atoms with Crippen LogP contribution in [0.2, 0.25) is 0 Å². The quantitative estimate of drug-likeness (QED) is 0.422. The molecule has 0 heterocycles. The van der Waals surface area contributed by atoms with Crippen LogP contribution >= 0.6 is 0 Å². The highest BCUT2D eigenvalue weighted by molar-refractivity contribution is 5.94. The van der Waals surface area contributed by atoms with E-state index >= 15 is 0 Å². The van der Waals surface area contributed by atoms with Crippen molar-refractivity contribution in [1.29, 1.82) is 0 Å². The van der Waals surface area contributed by atoms with Gasteiger partial charge < -0.3 is 10.4 Å². The van der Waals surface area contributed by atoms with Gasteiger partial charge in [0.2, 0.25) is 0 Å². The lowest BCUT2D eigenvalue weighted by atomic mass is 9.94. The third-order valence-corrected chi connectivity index (χ3v) is 5.17. The van der Waals surface area contributed by atoms with Crippen LogP contribution in [-0.4, -0.2) is 17.0 Å². The Morgan fingerprint density at radius 1 is 0.897 bits per heavy atom. The molecule has 1 unspecified atom stereocenters. The van der Waals surface area contributed by atoms with Gasteiger partial charge in [0.25, 0.3) is 5.91 Å². The molecule has 0 fully saturated rings. The van der Waals surface area contributed by atoms with Gasteiger partial charge in [0.05, 0.1) is 11.6 Å². The van der Waals surface area contributed by atoms with E-state index in [1.165, 1.54) is 0 Å². The number of aryl methyl sites for hydroxylation is 1. The highest BCUT2D eigenvalue weighted by atomic mass is 16.4. The molecule has 2 aromatic carbocycles. The van der Waals surface area contributed by atoms with E-state index < -0.39 is 5.97 Å². The van der Waals surface area contributed by atoms with Crippen LogP contribution in [0, 0.1) is 0 Å². The van der Waals surface area contributed by atoms with Crippen molar-refractivity contribution in [1.82, 2.24) is 5.32 Å². The molecule has 0 spiro atoms. The number of unbranched alkanes of at least 4 members (excludes halogenated alkanes) is 4. The number of rotatable bonds is 12. The third kappa shape index (κ3) is 7.37. The van der Waals surface area contributed by atoms with Crippen molar-refractivity contribution in [2.45, 2.75) is 71.3 Å². The number of carboxylic acid groups (broad SMARTS) is 1. The molecular weight excluding hydrogens is 362 g/mol. The molecule has 0 aromatic heterocycles. The van der Waals surface area contributed by atoms with Gasteiger partial charge in [-0.25, -0.2) is 4.79 Å². The van der Waals surface area contributed by atoms with E-state index in [1.54, 1.807) is 24.3 Å². The molecule has 0 aliphatic heterocycles. The SMILES string of the molecule is CCCCCCC(NC(=O)c1ccccc1)c1cc(CCCC)cc(C(=O)O)c1. The summed E-state index contributed by atoms with van der Waals surface area (Å²) in [4.78, 5) is 24.4. The molecule has 1 amide bonds. The summed E-state index contributed by atoms with van der Waals surface area (Å²) in [7, 11) is 0. The number of hydrogen-bond donors (Lipinski definition) is 2. The van der Waals surface area contributed by atoms with E-state index in [1.807, 2.05) is 18.2 Å². The number of nitrogens with one attached hydrogen (secondary N) is 1. The lowest BCUT2D eigenvalue weighted by Crippen LogP contribution is -2.29. The maximum Gasteiger partial charge on any atom is 0.335 e. The molecule has 2 rings (SSSR count). The van der Waals surface area contributed by atoms with E-state index in [2.05, 4.69) is 25.2 Å². The van der Waals surface area contributed by atoms with Crippen molar-refractivity contribution in [3.63, 3.8) is 0 Å². The third-order valence-electron chi connectivity index (χ3n) is 5.17. The van der Waals surface area contributed by atoms with Gasteiger partial charge in [-0.3, -0.25) is 4.79 Å². The zero-order valence-electron chi connectivity index (χ0n) is 17.6. The number of hydrogen-bond acceptors (Lipinski definition) is 2. The molecule has 0 aliphatic carbocycles. The average Bonchev–Trinajstić information content (AvgIpc) is 2.74. The molecule has 2 aromatic rings. The summed E-state index contributed by atoms with van der Waals surface area (Å²) in [6, 6.07) is 14.5. The van der Waals surface area contributed by atoms with Crippen LogP contribution < -0.4 is 5.32 Å². The van der Waals surface area contributed by atoms with Crippen molar-refractivity contribution >= 4 is 11.9 Å². The molecule has 0 saturated heterocycles. The molecule has 4 nitrogen and oxygen atoms in total. The van der Waals surface area contributed by atoms with E-state index in [4.69, 9.17) is 0 Å². The van der Waals surface area contributed by atoms with Crippen LogP contribution in [0.4, 0.5) is 0 Å². The van der Waals surface area contributed by atoms with E-state index in [0.29, 0.717) is 11.1 Å². The Morgan fingerprint density at radius 3 is 2.28 bits per heavy atom. The summed E-state index contributed by atoms with van der Waals surface area (Å²) < 4.78 is 0. The Hall–Kier alpha value is -2.62. The molecule has 4 heteroatoms. The fourth-order valence-electron chi connectivity index (χ4n) is 3.50. The molecule has 0 radical (unpaired) electrons. The van der Waals surface area contributed by atoms with Gasteiger partial charge in [-0.1, -0.05) is 70.2 Å². The largest absolute Gasteiger partial charge is 0.478 e. The van der Waals surface area contributed by atoms with Crippen LogP contribution in [0.15, 0.2) is 48.5 Å². The van der Waals surface area contributed by atoms with Crippen LogP contribution in [0.3, 0.4) is 0 Å². The first-order valence-corrected chi connectivity index (χ1v) is 10.8. The first kappa shape index (κ1) is 22.7. The summed E-state index contributed by atoms with van der Waals surface area (Å²) in [5.41, 5.74) is 2.82. The summed E-state index contributed by atoms with van der Waals surface area (Å²) in [5.74, 6) is -1.05. The summed E-state index contributed by atoms with van der Waals surface area (Å²) in [5, 5.41) is 12.7. The minimum absolute atomic E-state index is 0.123. The second-order valence-electron chi connectivity index (χ2n) is 7.61. The van der Waals surface area contributed by atoms with Crippen molar-refractivity contribution in [3.05, 3.63) is 70.8 Å². The van der Waals surface area contributed by atoms with E-state index in [9.17, 15) is 14.7 Å². The second-order valence-corrected chi connectivity index (χ2v) is 7.61. The van der Waals surface area contributed by atoms with Crippen molar-refractivity contribution in [3.8, 4) is 0 Å². The van der Waals surface area contributed by atoms with Gasteiger partial charge in [0, 0.05) is 5.56 Å². The summed E-state index contributed by atoms with van der Waals surface area (Å²) >= 11 is 0. The van der Waals surface area contributed by atoms with Crippen LogP contribution in [0.5, 0.6) is 0 Å². The average molecular weight is 396 g/mol. The standard InChI is InChI=1S/C25H33NO3/c1-3-5-7-11-15-23(26-24(27)20-13-9-8-10-14-20)21-16-19(12-6-4-2)17-22(18-21)25(28)29/h8-10,13-14,16-18,23H,3-7,11-12,15H2,1-2H3,(H,26,27)(H,28,29). The highest BCUT2D eigenvalue weighted by Gasteiger charge is 2.18. The Kier molecular flexibility index (Phi) is 9.42. The summed E-state index contributed by atoms with van der Waals surface area (Å²) in [6.07, 6.45) is 8.13. The smallest absolute Gasteiger partial charge is 0.335 e. The maximum atomic E-state index is 12.8. The van der Waals surface area contributed by atoms with Gasteiger partial charge in [-0.15, -0.1) is 0 Å². The monoisotopic (exact) mass is 395 g/mol. The summed E-state index contributed by atoms with van der Waals surface area (Å²) in [6.45, 7) is 4.30.